The maximum atomic E-state index is 14.8. The van der Waals surface area contributed by atoms with Crippen LogP contribution in [0.2, 0.25) is 0 Å². The van der Waals surface area contributed by atoms with Crippen molar-refractivity contribution < 1.29 is 12.8 Å². The van der Waals surface area contributed by atoms with E-state index in [0.717, 1.165) is 0 Å². The second kappa shape index (κ2) is 8.71. The number of benzene rings is 2. The first-order valence-electron chi connectivity index (χ1n) is 8.80. The molecule has 3 N–H and O–H groups in total. The minimum atomic E-state index is -3.95. The Labute approximate surface area is 174 Å². The van der Waals surface area contributed by atoms with Crippen LogP contribution in [0.5, 0.6) is 0 Å². The Hall–Kier alpha value is -3.78. The van der Waals surface area contributed by atoms with Crippen LogP contribution in [-0.4, -0.2) is 18.4 Å². The Balaban J connectivity index is 2.04. The van der Waals surface area contributed by atoms with Gasteiger partial charge in [-0.05, 0) is 35.9 Å². The van der Waals surface area contributed by atoms with Crippen LogP contribution in [-0.2, 0) is 10.0 Å². The van der Waals surface area contributed by atoms with Gasteiger partial charge < -0.3 is 5.73 Å². The number of nitrogens with zero attached hydrogens (tertiary/aromatic N) is 2. The number of nitrogen functional groups attached to an aromatic ring is 1. The number of allylic oxidation sites excluding steroid dienone is 3. The molecule has 0 radical (unpaired) electrons. The summed E-state index contributed by atoms with van der Waals surface area (Å²) in [6.07, 6.45) is 7.00. The summed E-state index contributed by atoms with van der Waals surface area (Å²) in [6, 6.07) is 10.7. The molecule has 0 aliphatic heterocycles. The van der Waals surface area contributed by atoms with Crippen LogP contribution in [0.3, 0.4) is 0 Å². The van der Waals surface area contributed by atoms with Crippen molar-refractivity contribution in [2.45, 2.75) is 4.90 Å². The van der Waals surface area contributed by atoms with Gasteiger partial charge in [-0.3, -0.25) is 9.71 Å². The third kappa shape index (κ3) is 4.44. The first kappa shape index (κ1) is 20.9. The molecule has 30 heavy (non-hydrogen) atoms. The highest BCUT2D eigenvalue weighted by molar-refractivity contribution is 7.89. The van der Waals surface area contributed by atoms with Crippen molar-refractivity contribution in [3.63, 3.8) is 0 Å². The summed E-state index contributed by atoms with van der Waals surface area (Å²) < 4.78 is 43.1. The normalized spacial score (nSPS) is 11.7. The zero-order valence-corrected chi connectivity index (χ0v) is 16.7. The van der Waals surface area contributed by atoms with E-state index >= 15 is 0 Å². The number of halogens is 1. The van der Waals surface area contributed by atoms with Gasteiger partial charge in [0, 0.05) is 16.8 Å². The maximum Gasteiger partial charge on any atom is 0.262 e. The maximum absolute atomic E-state index is 14.8. The van der Waals surface area contributed by atoms with Crippen LogP contribution < -0.4 is 10.5 Å². The number of nitrogens with two attached hydrogens (primary N) is 1. The predicted octanol–water partition coefficient (Wildman–Crippen LogP) is 4.07. The minimum absolute atomic E-state index is 0.00115. The Morgan fingerprint density at radius 3 is 2.47 bits per heavy atom. The Bertz CT molecular complexity index is 1240. The molecule has 0 aliphatic carbocycles. The molecule has 0 saturated heterocycles. The monoisotopic (exact) mass is 422 g/mol. The molecule has 0 unspecified atom stereocenters. The van der Waals surface area contributed by atoms with Crippen molar-refractivity contribution in [3.8, 4) is 22.4 Å². The van der Waals surface area contributed by atoms with Crippen LogP contribution in [0.25, 0.3) is 22.4 Å². The number of sulfonamides is 1. The van der Waals surface area contributed by atoms with Crippen molar-refractivity contribution in [3.05, 3.63) is 97.8 Å². The van der Waals surface area contributed by atoms with E-state index in [2.05, 4.69) is 27.8 Å². The molecule has 1 heterocycles. The molecular formula is C22H19FN4O2S. The van der Waals surface area contributed by atoms with Gasteiger partial charge in [-0.15, -0.1) is 0 Å². The second-order valence-electron chi connectivity index (χ2n) is 6.18. The Morgan fingerprint density at radius 2 is 1.83 bits per heavy atom. The third-order valence-electron chi connectivity index (χ3n) is 4.17. The lowest BCUT2D eigenvalue weighted by Crippen LogP contribution is -2.22. The van der Waals surface area contributed by atoms with Gasteiger partial charge in [0.2, 0.25) is 0 Å². The van der Waals surface area contributed by atoms with Crippen LogP contribution >= 0.6 is 0 Å². The smallest absolute Gasteiger partial charge is 0.262 e. The lowest BCUT2D eigenvalue weighted by molar-refractivity contribution is 0.589. The predicted molar refractivity (Wildman–Crippen MR) is 116 cm³/mol. The fourth-order valence-corrected chi connectivity index (χ4v) is 4.09. The van der Waals surface area contributed by atoms with Crippen molar-refractivity contribution in [1.82, 2.24) is 14.7 Å². The van der Waals surface area contributed by atoms with E-state index in [9.17, 15) is 12.8 Å². The van der Waals surface area contributed by atoms with Gasteiger partial charge >= 0.3 is 0 Å². The van der Waals surface area contributed by atoms with Gasteiger partial charge in [-0.1, -0.05) is 43.5 Å². The van der Waals surface area contributed by atoms with Crippen molar-refractivity contribution in [2.24, 2.45) is 0 Å². The standard InChI is InChI=1S/C22H19FN4O2S/c1-3-7-16(4-2)27-30(28,29)21-9-6-5-8-17(21)15-10-11-18(19(23)12-15)20-13-26-22(24)14-25-20/h3-14,27H,1-2H2,(H2,24,26)/b16-7+. The molecular weight excluding hydrogens is 403 g/mol. The summed E-state index contributed by atoms with van der Waals surface area (Å²) in [6.45, 7) is 7.13. The van der Waals surface area contributed by atoms with E-state index < -0.39 is 15.8 Å². The molecule has 0 atom stereocenters. The lowest BCUT2D eigenvalue weighted by Gasteiger charge is -2.13. The van der Waals surface area contributed by atoms with Crippen LogP contribution in [0.1, 0.15) is 0 Å². The zero-order chi connectivity index (χ0) is 21.7. The molecule has 0 amide bonds. The van der Waals surface area contributed by atoms with Gasteiger partial charge in [0.1, 0.15) is 11.6 Å². The zero-order valence-electron chi connectivity index (χ0n) is 15.9. The van der Waals surface area contributed by atoms with Crippen LogP contribution in [0, 0.1) is 5.82 Å². The molecule has 2 aromatic carbocycles. The van der Waals surface area contributed by atoms with Crippen LogP contribution in [0.4, 0.5) is 10.2 Å². The van der Waals surface area contributed by atoms with Gasteiger partial charge in [-0.25, -0.2) is 17.8 Å². The molecule has 6 nitrogen and oxygen atoms in total. The van der Waals surface area contributed by atoms with Gasteiger partial charge in [-0.2, -0.15) is 0 Å². The molecule has 0 fully saturated rings. The average Bonchev–Trinajstić information content (AvgIpc) is 2.74. The fourth-order valence-electron chi connectivity index (χ4n) is 2.79. The third-order valence-corrected chi connectivity index (χ3v) is 5.61. The molecule has 0 aliphatic rings. The largest absolute Gasteiger partial charge is 0.382 e. The second-order valence-corrected chi connectivity index (χ2v) is 7.84. The summed E-state index contributed by atoms with van der Waals surface area (Å²) in [5, 5.41) is 0. The van der Waals surface area contributed by atoms with E-state index in [1.54, 1.807) is 24.3 Å². The molecule has 0 bridgehead atoms. The molecule has 152 valence electrons. The lowest BCUT2D eigenvalue weighted by atomic mass is 10.0. The number of aromatic nitrogens is 2. The van der Waals surface area contributed by atoms with Gasteiger partial charge in [0.25, 0.3) is 10.0 Å². The number of nitrogens with one attached hydrogen (secondary N) is 1. The first-order chi connectivity index (χ1) is 14.4. The summed E-state index contributed by atoms with van der Waals surface area (Å²) in [4.78, 5) is 7.99. The van der Waals surface area contributed by atoms with Crippen molar-refractivity contribution in [2.75, 3.05) is 5.73 Å². The summed E-state index contributed by atoms with van der Waals surface area (Å²) in [7, 11) is -3.95. The SMILES string of the molecule is C=C/C=C(\C=C)NS(=O)(=O)c1ccccc1-c1ccc(-c2cnc(N)cn2)c(F)c1. The van der Waals surface area contributed by atoms with Crippen molar-refractivity contribution >= 4 is 15.8 Å². The molecule has 3 rings (SSSR count). The van der Waals surface area contributed by atoms with E-state index in [-0.39, 0.29) is 22.0 Å². The number of anilines is 1. The minimum Gasteiger partial charge on any atom is -0.382 e. The number of rotatable bonds is 7. The quantitative estimate of drug-likeness (QED) is 0.560. The molecule has 0 spiro atoms. The average molecular weight is 422 g/mol. The van der Waals surface area contributed by atoms with E-state index in [0.29, 0.717) is 16.8 Å². The Kier molecular flexibility index (Phi) is 6.08. The summed E-state index contributed by atoms with van der Waals surface area (Å²) >= 11 is 0. The van der Waals surface area contributed by atoms with Crippen LogP contribution in [0.15, 0.2) is 96.8 Å². The summed E-state index contributed by atoms with van der Waals surface area (Å²) in [5.74, 6) is -0.336. The molecule has 0 saturated carbocycles. The summed E-state index contributed by atoms with van der Waals surface area (Å²) in [5.41, 5.74) is 7.08. The molecule has 1 aromatic heterocycles. The van der Waals surface area contributed by atoms with Gasteiger partial charge in [0.05, 0.1) is 23.0 Å². The topological polar surface area (TPSA) is 98.0 Å². The Morgan fingerprint density at radius 1 is 1.07 bits per heavy atom. The first-order valence-corrected chi connectivity index (χ1v) is 10.3. The number of hydrogen-bond donors (Lipinski definition) is 2. The molecule has 8 heteroatoms. The highest BCUT2D eigenvalue weighted by Crippen LogP contribution is 2.31. The highest BCUT2D eigenvalue weighted by Gasteiger charge is 2.20. The highest BCUT2D eigenvalue weighted by atomic mass is 32.2. The fraction of sp³-hybridized carbons (Fsp3) is 0. The molecule has 3 aromatic rings. The van der Waals surface area contributed by atoms with E-state index in [1.807, 2.05) is 0 Å². The van der Waals surface area contributed by atoms with E-state index in [4.69, 9.17) is 5.73 Å². The van der Waals surface area contributed by atoms with Gasteiger partial charge in [0.15, 0.2) is 0 Å². The van der Waals surface area contributed by atoms with Crippen molar-refractivity contribution in [1.29, 1.82) is 0 Å². The van der Waals surface area contributed by atoms with E-state index in [1.165, 1.54) is 48.8 Å². The number of hydrogen-bond acceptors (Lipinski definition) is 5.